The molecule has 2 aromatic rings. The van der Waals surface area contributed by atoms with Crippen molar-refractivity contribution in [3.05, 3.63) is 30.5 Å². The number of fused-ring (bicyclic) bond motifs is 1. The number of nitrogens with zero attached hydrogens (tertiary/aromatic N) is 2. The fourth-order valence-electron chi connectivity index (χ4n) is 3.12. The zero-order valence-corrected chi connectivity index (χ0v) is 14.1. The highest BCUT2D eigenvalue weighted by Gasteiger charge is 2.33. The lowest BCUT2D eigenvalue weighted by molar-refractivity contribution is 0.418. The smallest absolute Gasteiger partial charge is 0.243 e. The quantitative estimate of drug-likeness (QED) is 0.896. The van der Waals surface area contributed by atoms with E-state index in [1.807, 2.05) is 7.05 Å². The van der Waals surface area contributed by atoms with Crippen LogP contribution in [0.2, 0.25) is 0 Å². The zero-order valence-electron chi connectivity index (χ0n) is 13.3. The summed E-state index contributed by atoms with van der Waals surface area (Å²) in [6, 6.07) is 6.81. The second-order valence-electron chi connectivity index (χ2n) is 5.74. The van der Waals surface area contributed by atoms with Crippen LogP contribution in [0, 0.1) is 5.92 Å². The van der Waals surface area contributed by atoms with Crippen molar-refractivity contribution in [3.8, 4) is 5.75 Å². The Morgan fingerprint density at radius 2 is 2.22 bits per heavy atom. The van der Waals surface area contributed by atoms with Gasteiger partial charge in [-0.05, 0) is 50.2 Å². The molecule has 7 heteroatoms. The number of benzene rings is 1. The van der Waals surface area contributed by atoms with Gasteiger partial charge in [-0.2, -0.15) is 4.31 Å². The predicted octanol–water partition coefficient (Wildman–Crippen LogP) is 1.47. The number of nitrogens with one attached hydrogen (secondary N) is 1. The Hall–Kier alpha value is -1.70. The Labute approximate surface area is 136 Å². The lowest BCUT2D eigenvalue weighted by Crippen LogP contribution is -2.30. The van der Waals surface area contributed by atoms with Crippen LogP contribution in [0.1, 0.15) is 6.42 Å². The molecule has 3 rings (SSSR count). The number of hydrogen-bond donors (Lipinski definition) is 1. The molecule has 0 amide bonds. The van der Waals surface area contributed by atoms with Gasteiger partial charge in [-0.1, -0.05) is 0 Å². The van der Waals surface area contributed by atoms with Crippen molar-refractivity contribution in [3.63, 3.8) is 0 Å². The van der Waals surface area contributed by atoms with Gasteiger partial charge in [-0.25, -0.2) is 8.42 Å². The lowest BCUT2D eigenvalue weighted by atomic mass is 10.1. The molecule has 1 atom stereocenters. The van der Waals surface area contributed by atoms with Gasteiger partial charge in [0.15, 0.2) is 0 Å². The minimum Gasteiger partial charge on any atom is -0.494 e. The highest BCUT2D eigenvalue weighted by molar-refractivity contribution is 7.89. The van der Waals surface area contributed by atoms with Gasteiger partial charge in [-0.15, -0.1) is 0 Å². The van der Waals surface area contributed by atoms with Gasteiger partial charge < -0.3 is 10.1 Å². The molecule has 124 valence electrons. The maximum atomic E-state index is 13.0. The summed E-state index contributed by atoms with van der Waals surface area (Å²) >= 11 is 0. The third-order valence-corrected chi connectivity index (χ3v) is 6.20. The second kappa shape index (κ2) is 6.43. The first-order valence-electron chi connectivity index (χ1n) is 7.64. The van der Waals surface area contributed by atoms with E-state index in [0.717, 1.165) is 13.0 Å². The number of sulfonamides is 1. The van der Waals surface area contributed by atoms with Crippen molar-refractivity contribution >= 4 is 20.9 Å². The molecule has 1 saturated heterocycles. The van der Waals surface area contributed by atoms with E-state index < -0.39 is 10.0 Å². The van der Waals surface area contributed by atoms with Crippen molar-refractivity contribution in [2.45, 2.75) is 11.3 Å². The predicted molar refractivity (Wildman–Crippen MR) is 89.1 cm³/mol. The van der Waals surface area contributed by atoms with Gasteiger partial charge >= 0.3 is 0 Å². The van der Waals surface area contributed by atoms with E-state index in [4.69, 9.17) is 4.74 Å². The molecule has 1 aromatic heterocycles. The second-order valence-corrected chi connectivity index (χ2v) is 7.65. The van der Waals surface area contributed by atoms with Crippen molar-refractivity contribution in [1.82, 2.24) is 14.6 Å². The molecule has 1 N–H and O–H groups in total. The van der Waals surface area contributed by atoms with Crippen LogP contribution in [0.4, 0.5) is 0 Å². The third kappa shape index (κ3) is 2.91. The molecule has 6 nitrogen and oxygen atoms in total. The summed E-state index contributed by atoms with van der Waals surface area (Å²) in [6.45, 7) is 1.94. The van der Waals surface area contributed by atoms with Gasteiger partial charge in [0.2, 0.25) is 10.0 Å². The molecular weight excluding hydrogens is 314 g/mol. The average molecular weight is 335 g/mol. The topological polar surface area (TPSA) is 71.5 Å². The summed E-state index contributed by atoms with van der Waals surface area (Å²) in [4.78, 5) is 4.58. The van der Waals surface area contributed by atoms with Gasteiger partial charge in [0.25, 0.3) is 0 Å². The Morgan fingerprint density at radius 3 is 2.96 bits per heavy atom. The van der Waals surface area contributed by atoms with E-state index in [2.05, 4.69) is 10.3 Å². The van der Waals surface area contributed by atoms with Gasteiger partial charge in [0.1, 0.15) is 11.3 Å². The maximum Gasteiger partial charge on any atom is 0.243 e. The molecule has 0 radical (unpaired) electrons. The van der Waals surface area contributed by atoms with E-state index in [-0.39, 0.29) is 0 Å². The Morgan fingerprint density at radius 1 is 1.39 bits per heavy atom. The van der Waals surface area contributed by atoms with Crippen LogP contribution in [-0.2, 0) is 10.0 Å². The van der Waals surface area contributed by atoms with Crippen molar-refractivity contribution in [2.75, 3.05) is 33.8 Å². The van der Waals surface area contributed by atoms with Gasteiger partial charge in [0, 0.05) is 24.7 Å². The minimum atomic E-state index is -3.53. The van der Waals surface area contributed by atoms with Crippen molar-refractivity contribution in [2.24, 2.45) is 5.92 Å². The number of methoxy groups -OCH3 is 1. The summed E-state index contributed by atoms with van der Waals surface area (Å²) in [7, 11) is -0.0868. The standard InChI is InChI=1S/C16H21N3O3S/c1-17-10-12-7-9-19(11-12)23(20,21)15-6-5-14(22-2)16-13(15)4-3-8-18-16/h3-6,8,12,17H,7,9-11H2,1-2H3. The summed E-state index contributed by atoms with van der Waals surface area (Å²) in [5.74, 6) is 0.937. The molecule has 2 heterocycles. The Balaban J connectivity index is 2.03. The van der Waals surface area contributed by atoms with Gasteiger partial charge in [-0.3, -0.25) is 4.98 Å². The first-order chi connectivity index (χ1) is 11.1. The van der Waals surface area contributed by atoms with Crippen LogP contribution in [0.3, 0.4) is 0 Å². The van der Waals surface area contributed by atoms with Crippen LogP contribution in [0.15, 0.2) is 35.4 Å². The number of aromatic nitrogens is 1. The van der Waals surface area contributed by atoms with E-state index in [1.165, 1.54) is 0 Å². The molecule has 1 aromatic carbocycles. The fraction of sp³-hybridized carbons (Fsp3) is 0.438. The molecule has 1 aliphatic heterocycles. The monoisotopic (exact) mass is 335 g/mol. The number of pyridine rings is 1. The summed E-state index contributed by atoms with van der Waals surface area (Å²) in [5.41, 5.74) is 0.571. The molecule has 1 aliphatic rings. The zero-order chi connectivity index (χ0) is 16.4. The first kappa shape index (κ1) is 16.2. The molecule has 1 unspecified atom stereocenters. The van der Waals surface area contributed by atoms with Crippen LogP contribution < -0.4 is 10.1 Å². The van der Waals surface area contributed by atoms with Gasteiger partial charge in [0.05, 0.1) is 12.0 Å². The maximum absolute atomic E-state index is 13.0. The van der Waals surface area contributed by atoms with E-state index >= 15 is 0 Å². The Bertz CT molecular complexity index is 807. The summed E-state index contributed by atoms with van der Waals surface area (Å²) in [6.07, 6.45) is 2.52. The lowest BCUT2D eigenvalue weighted by Gasteiger charge is -2.18. The highest BCUT2D eigenvalue weighted by atomic mass is 32.2. The molecule has 0 spiro atoms. The van der Waals surface area contributed by atoms with Crippen molar-refractivity contribution < 1.29 is 13.2 Å². The third-order valence-electron chi connectivity index (χ3n) is 4.27. The molecule has 0 bridgehead atoms. The molecule has 0 saturated carbocycles. The van der Waals surface area contributed by atoms with Crippen LogP contribution in [0.25, 0.3) is 10.9 Å². The molecular formula is C16H21N3O3S. The normalized spacial score (nSPS) is 19.3. The number of ether oxygens (including phenoxy) is 1. The van der Waals surface area contributed by atoms with E-state index in [0.29, 0.717) is 40.6 Å². The van der Waals surface area contributed by atoms with Crippen LogP contribution in [-0.4, -0.2) is 51.5 Å². The minimum absolute atomic E-state index is 0.298. The van der Waals surface area contributed by atoms with Crippen molar-refractivity contribution in [1.29, 1.82) is 0 Å². The number of rotatable bonds is 5. The van der Waals surface area contributed by atoms with Crippen LogP contribution in [0.5, 0.6) is 5.75 Å². The van der Waals surface area contributed by atoms with E-state index in [1.54, 1.807) is 41.9 Å². The fourth-order valence-corrected chi connectivity index (χ4v) is 4.83. The first-order valence-corrected chi connectivity index (χ1v) is 9.08. The largest absolute Gasteiger partial charge is 0.494 e. The molecule has 1 fully saturated rings. The molecule has 0 aliphatic carbocycles. The number of hydrogen-bond acceptors (Lipinski definition) is 5. The SMILES string of the molecule is CNCC1CCN(S(=O)(=O)c2ccc(OC)c3ncccc23)C1. The average Bonchev–Trinajstić information content (AvgIpc) is 3.03. The summed E-state index contributed by atoms with van der Waals surface area (Å²) in [5, 5.41) is 3.72. The highest BCUT2D eigenvalue weighted by Crippen LogP contribution is 2.32. The van der Waals surface area contributed by atoms with E-state index in [9.17, 15) is 8.42 Å². The molecule has 23 heavy (non-hydrogen) atoms. The van der Waals surface area contributed by atoms with Crippen LogP contribution >= 0.6 is 0 Å². The Kier molecular flexibility index (Phi) is 4.52. The summed E-state index contributed by atoms with van der Waals surface area (Å²) < 4.78 is 32.9.